The minimum absolute atomic E-state index is 0.399. The summed E-state index contributed by atoms with van der Waals surface area (Å²) in [5.41, 5.74) is 4.85. The summed E-state index contributed by atoms with van der Waals surface area (Å²) < 4.78 is 0. The fourth-order valence-electron chi connectivity index (χ4n) is 2.88. The van der Waals surface area contributed by atoms with Gasteiger partial charge in [0.25, 0.3) is 0 Å². The number of rotatable bonds is 6. The zero-order chi connectivity index (χ0) is 25.8. The molecule has 2 aromatic carbocycles. The quantitative estimate of drug-likeness (QED) is 0.385. The summed E-state index contributed by atoms with van der Waals surface area (Å²) in [7, 11) is 0. The molecule has 0 fully saturated rings. The molecule has 0 saturated heterocycles. The Labute approximate surface area is 202 Å². The van der Waals surface area contributed by atoms with Crippen LogP contribution in [-0.2, 0) is 0 Å². The predicted octanol–water partition coefficient (Wildman–Crippen LogP) is 8.32. The van der Waals surface area contributed by atoms with Gasteiger partial charge in [-0.3, -0.25) is 0 Å². The van der Waals surface area contributed by atoms with Crippen molar-refractivity contribution in [2.75, 3.05) is 0 Å². The molecular formula is C30H46O3. The Kier molecular flexibility index (Phi) is 13.5. The van der Waals surface area contributed by atoms with E-state index in [0.29, 0.717) is 23.3 Å². The lowest BCUT2D eigenvalue weighted by Crippen LogP contribution is -2.19. The number of hydrogen-bond acceptors (Lipinski definition) is 3. The average molecular weight is 455 g/mol. The van der Waals surface area contributed by atoms with E-state index in [4.69, 9.17) is 0 Å². The molecule has 0 amide bonds. The molecular weight excluding hydrogens is 408 g/mol. The van der Waals surface area contributed by atoms with E-state index in [-0.39, 0.29) is 0 Å². The van der Waals surface area contributed by atoms with Gasteiger partial charge in [0, 0.05) is 0 Å². The first-order valence-electron chi connectivity index (χ1n) is 11.8. The van der Waals surface area contributed by atoms with Crippen molar-refractivity contribution in [3.8, 4) is 11.5 Å². The van der Waals surface area contributed by atoms with E-state index in [1.165, 1.54) is 11.1 Å². The molecule has 3 nitrogen and oxygen atoms in total. The maximum absolute atomic E-state index is 9.49. The molecule has 3 heteroatoms. The van der Waals surface area contributed by atoms with Crippen molar-refractivity contribution in [3.05, 3.63) is 83.0 Å². The minimum atomic E-state index is -0.702. The Morgan fingerprint density at radius 1 is 0.939 bits per heavy atom. The van der Waals surface area contributed by atoms with Crippen molar-refractivity contribution in [2.45, 2.75) is 92.6 Å². The summed E-state index contributed by atoms with van der Waals surface area (Å²) in [5.74, 6) is 1.70. The van der Waals surface area contributed by atoms with Gasteiger partial charge in [0.1, 0.15) is 11.5 Å². The number of phenolic OH excluding ortho intramolecular Hbond substituents is 2. The molecule has 0 aliphatic heterocycles. The smallest absolute Gasteiger partial charge is 0.119 e. The normalized spacial score (nSPS) is 12.1. The van der Waals surface area contributed by atoms with Crippen LogP contribution in [0, 0.1) is 13.8 Å². The highest BCUT2D eigenvalue weighted by Crippen LogP contribution is 2.25. The number of aliphatic hydroxyl groups is 1. The molecule has 1 atom stereocenters. The van der Waals surface area contributed by atoms with Crippen molar-refractivity contribution in [1.82, 2.24) is 0 Å². The highest BCUT2D eigenvalue weighted by Gasteiger charge is 2.12. The molecule has 3 N–H and O–H groups in total. The highest BCUT2D eigenvalue weighted by atomic mass is 16.3. The van der Waals surface area contributed by atoms with Crippen LogP contribution in [0.25, 0.3) is 0 Å². The van der Waals surface area contributed by atoms with Gasteiger partial charge in [0.2, 0.25) is 0 Å². The standard InChI is InChI=1S/2C10H14O.C10H18O/c1-7(2)9-5-4-8(3)10(11)6-9;1-7(2)9-5-4-8(3)6-10(9)11;1-5-10(4,11)8-6-7-9(2)3/h2*4-7,11H,1-3H3;5,7,11H,1,6,8H2,2-4H3. The van der Waals surface area contributed by atoms with E-state index < -0.39 is 5.60 Å². The number of aromatic hydroxyl groups is 2. The molecule has 0 bridgehead atoms. The molecule has 1 unspecified atom stereocenters. The number of benzene rings is 2. The molecule has 0 saturated carbocycles. The summed E-state index contributed by atoms with van der Waals surface area (Å²) >= 11 is 0. The first-order valence-corrected chi connectivity index (χ1v) is 11.8. The van der Waals surface area contributed by atoms with Crippen LogP contribution in [0.1, 0.15) is 95.4 Å². The van der Waals surface area contributed by atoms with Gasteiger partial charge in [-0.05, 0) is 93.7 Å². The van der Waals surface area contributed by atoms with Gasteiger partial charge in [0.15, 0.2) is 0 Å². The fourth-order valence-corrected chi connectivity index (χ4v) is 2.88. The van der Waals surface area contributed by atoms with Crippen molar-refractivity contribution >= 4 is 0 Å². The van der Waals surface area contributed by atoms with Crippen molar-refractivity contribution in [1.29, 1.82) is 0 Å². The highest BCUT2D eigenvalue weighted by molar-refractivity contribution is 5.38. The number of allylic oxidation sites excluding steroid dienone is 2. The maximum atomic E-state index is 9.49. The Hall–Kier alpha value is -2.52. The van der Waals surface area contributed by atoms with Crippen LogP contribution in [0.15, 0.2) is 60.7 Å². The molecule has 2 aromatic rings. The van der Waals surface area contributed by atoms with Crippen LogP contribution < -0.4 is 0 Å². The van der Waals surface area contributed by atoms with Gasteiger partial charge < -0.3 is 15.3 Å². The Balaban J connectivity index is 0.000000465. The predicted molar refractivity (Wildman–Crippen MR) is 143 cm³/mol. The minimum Gasteiger partial charge on any atom is -0.508 e. The van der Waals surface area contributed by atoms with Crippen LogP contribution in [0.4, 0.5) is 0 Å². The SMILES string of the molecule is C=CC(C)(O)CCC=C(C)C.Cc1ccc(C(C)C)c(O)c1.Cc1ccc(C(C)C)cc1O. The second-order valence-electron chi connectivity index (χ2n) is 9.80. The Morgan fingerprint density at radius 2 is 1.55 bits per heavy atom. The van der Waals surface area contributed by atoms with Gasteiger partial charge in [-0.2, -0.15) is 0 Å². The lowest BCUT2D eigenvalue weighted by atomic mass is 10.00. The largest absolute Gasteiger partial charge is 0.508 e. The molecule has 0 spiro atoms. The first kappa shape index (κ1) is 30.5. The number of hydrogen-bond donors (Lipinski definition) is 3. The second kappa shape index (κ2) is 14.6. The van der Waals surface area contributed by atoms with E-state index in [1.807, 2.05) is 38.1 Å². The van der Waals surface area contributed by atoms with E-state index in [2.05, 4.69) is 60.3 Å². The second-order valence-corrected chi connectivity index (χ2v) is 9.80. The van der Waals surface area contributed by atoms with E-state index in [0.717, 1.165) is 29.5 Å². The fraction of sp³-hybridized carbons (Fsp3) is 0.467. The third kappa shape index (κ3) is 12.9. The molecule has 0 aliphatic rings. The maximum Gasteiger partial charge on any atom is 0.119 e. The lowest BCUT2D eigenvalue weighted by molar-refractivity contribution is 0.103. The van der Waals surface area contributed by atoms with E-state index in [9.17, 15) is 15.3 Å². The van der Waals surface area contributed by atoms with Gasteiger partial charge in [-0.15, -0.1) is 6.58 Å². The van der Waals surface area contributed by atoms with Crippen LogP contribution in [0.2, 0.25) is 0 Å². The van der Waals surface area contributed by atoms with Crippen molar-refractivity contribution in [3.63, 3.8) is 0 Å². The topological polar surface area (TPSA) is 60.7 Å². The summed E-state index contributed by atoms with van der Waals surface area (Å²) in [6.07, 6.45) is 5.38. The van der Waals surface area contributed by atoms with Gasteiger partial charge >= 0.3 is 0 Å². The molecule has 2 rings (SSSR count). The number of phenols is 2. The molecule has 0 heterocycles. The summed E-state index contributed by atoms with van der Waals surface area (Å²) in [5, 5.41) is 28.3. The van der Waals surface area contributed by atoms with Crippen molar-refractivity contribution in [2.24, 2.45) is 0 Å². The zero-order valence-corrected chi connectivity index (χ0v) is 22.2. The van der Waals surface area contributed by atoms with Gasteiger partial charge in [-0.25, -0.2) is 0 Å². The third-order valence-electron chi connectivity index (χ3n) is 5.35. The van der Waals surface area contributed by atoms with Crippen LogP contribution in [-0.4, -0.2) is 20.9 Å². The monoisotopic (exact) mass is 454 g/mol. The van der Waals surface area contributed by atoms with E-state index in [1.54, 1.807) is 19.1 Å². The molecule has 184 valence electrons. The number of aryl methyl sites for hydroxylation is 2. The Morgan fingerprint density at radius 3 is 1.97 bits per heavy atom. The molecule has 0 aliphatic carbocycles. The lowest BCUT2D eigenvalue weighted by Gasteiger charge is -2.16. The van der Waals surface area contributed by atoms with Crippen LogP contribution in [0.3, 0.4) is 0 Å². The summed E-state index contributed by atoms with van der Waals surface area (Å²) in [4.78, 5) is 0. The third-order valence-corrected chi connectivity index (χ3v) is 5.35. The zero-order valence-electron chi connectivity index (χ0n) is 22.2. The summed E-state index contributed by atoms with van der Waals surface area (Å²) in [6, 6.07) is 11.6. The molecule has 0 aromatic heterocycles. The average Bonchev–Trinajstić information content (AvgIpc) is 2.70. The van der Waals surface area contributed by atoms with Crippen LogP contribution >= 0.6 is 0 Å². The Bertz CT molecular complexity index is 885. The summed E-state index contributed by atoms with van der Waals surface area (Å²) in [6.45, 7) is 21.7. The van der Waals surface area contributed by atoms with Gasteiger partial charge in [0.05, 0.1) is 5.60 Å². The first-order chi connectivity index (χ1) is 15.2. The molecule has 0 radical (unpaired) electrons. The molecule has 33 heavy (non-hydrogen) atoms. The van der Waals surface area contributed by atoms with Crippen LogP contribution in [0.5, 0.6) is 11.5 Å². The van der Waals surface area contributed by atoms with Gasteiger partial charge in [-0.1, -0.05) is 69.7 Å². The van der Waals surface area contributed by atoms with Crippen molar-refractivity contribution < 1.29 is 15.3 Å². The van der Waals surface area contributed by atoms with E-state index >= 15 is 0 Å².